The Morgan fingerprint density at radius 2 is 1.21 bits per heavy atom. The van der Waals surface area contributed by atoms with E-state index >= 15 is 0 Å². The fourth-order valence-electron chi connectivity index (χ4n) is 7.08. The van der Waals surface area contributed by atoms with Crippen LogP contribution in [0.1, 0.15) is 200 Å². The van der Waals surface area contributed by atoms with E-state index in [0.29, 0.717) is 89.2 Å². The largest absolute Gasteiger partial charge is 1.00 e. The van der Waals surface area contributed by atoms with Crippen LogP contribution >= 0.6 is 48.6 Å². The molecule has 0 saturated carbocycles. The molecule has 0 radical (unpaired) electrons. The van der Waals surface area contributed by atoms with Crippen molar-refractivity contribution in [2.75, 3.05) is 39.8 Å². The molecule has 1 aliphatic rings. The van der Waals surface area contributed by atoms with Crippen molar-refractivity contribution in [3.63, 3.8) is 0 Å². The minimum atomic E-state index is -0.650. The molecule has 0 aromatic heterocycles. The average molecular weight is 1220 g/mol. The monoisotopic (exact) mass is 1220 g/mol. The van der Waals surface area contributed by atoms with Gasteiger partial charge in [0, 0.05) is 71.8 Å². The number of allylic oxidation sites excluding steroid dienone is 4. The van der Waals surface area contributed by atoms with Gasteiger partial charge in [-0.05, 0) is 114 Å². The molecule has 0 spiro atoms. The fraction of sp³-hybridized carbons (Fsp3) is 0.525. The molecule has 0 saturated heterocycles. The van der Waals surface area contributed by atoms with Gasteiger partial charge in [0.05, 0.1) is 49.5 Å². The molecular weight excluding hydrogens is 1130 g/mol. The number of Topliss-reactive ketones (excluding diaryl/α,β-unsaturated/α-hetero) is 4. The van der Waals surface area contributed by atoms with Gasteiger partial charge in [-0.3, -0.25) is 28.8 Å². The van der Waals surface area contributed by atoms with Gasteiger partial charge in [0.1, 0.15) is 33.5 Å². The Balaban J connectivity index is -0.000000178. The number of alkyl halides is 1. The molecule has 0 bridgehead atoms. The van der Waals surface area contributed by atoms with E-state index in [0.717, 1.165) is 84.0 Å². The molecule has 1 atom stereocenters. The number of aromatic hydroxyl groups is 2. The molecule has 3 aromatic carbocycles. The number of carbonyl (C=O) groups excluding carboxylic acids is 6. The van der Waals surface area contributed by atoms with E-state index < -0.39 is 6.10 Å². The molecule has 14 nitrogen and oxygen atoms in total. The van der Waals surface area contributed by atoms with Gasteiger partial charge in [-0.25, -0.2) is 0 Å². The predicted molar refractivity (Wildman–Crippen MR) is 334 cm³/mol. The summed E-state index contributed by atoms with van der Waals surface area (Å²) in [6.45, 7) is 17.2. The number of carbonyl (C=O) groups is 6. The molecule has 3 aromatic rings. The van der Waals surface area contributed by atoms with Crippen LogP contribution in [-0.4, -0.2) is 99.8 Å². The SMILES string of the molecule is C.C.C.C.C.CCCC1=C(S)[CH+]C=C(C(C)=O)C1=O.CCCc1c(OCCCCl)ccc(C(C)O)c1OCCCC(=O)OCC.CCCc1c(S)ccc(C(C)=O)c1O.CCCc1c(SC(=O)N(C)C)ccc(C(C)=O)c1O.[K+].[OH-]. The topological polar surface area (TPSA) is 224 Å². The molecule has 1 aliphatic carbocycles. The third-order valence-corrected chi connectivity index (χ3v) is 13.0. The summed E-state index contributed by atoms with van der Waals surface area (Å²) in [4.78, 5) is 72.2. The Kier molecular flexibility index (Phi) is 55.6. The van der Waals surface area contributed by atoms with Gasteiger partial charge in [0.15, 0.2) is 17.1 Å². The number of phenolic OH excluding ortho intramolecular Hbond substituents is 2. The Hall–Kier alpha value is -3.27. The quantitative estimate of drug-likeness (QED) is 0.00686. The number of phenols is 2. The van der Waals surface area contributed by atoms with Gasteiger partial charge in [-0.2, -0.15) is 0 Å². The minimum Gasteiger partial charge on any atom is -0.870 e. The maximum Gasteiger partial charge on any atom is 1.00 e. The molecule has 80 heavy (non-hydrogen) atoms. The zero-order valence-corrected chi connectivity index (χ0v) is 52.4. The van der Waals surface area contributed by atoms with Crippen molar-refractivity contribution < 1.29 is 115 Å². The van der Waals surface area contributed by atoms with Crippen LogP contribution in [0.4, 0.5) is 4.79 Å². The first-order valence-corrected chi connectivity index (χ1v) is 27.0. The van der Waals surface area contributed by atoms with E-state index in [2.05, 4.69) is 32.2 Å². The van der Waals surface area contributed by atoms with Gasteiger partial charge >= 0.3 is 57.4 Å². The Labute approximate surface area is 544 Å². The Morgan fingerprint density at radius 3 is 1.69 bits per heavy atom. The van der Waals surface area contributed by atoms with Gasteiger partial charge in [0.2, 0.25) is 5.78 Å². The molecule has 19 heteroatoms. The molecular formula is C61H98ClKNO13S3+. The number of esters is 1. The molecule has 1 amide bonds. The smallest absolute Gasteiger partial charge is 0.870 e. The third kappa shape index (κ3) is 30.3. The van der Waals surface area contributed by atoms with Crippen LogP contribution in [0.3, 0.4) is 0 Å². The van der Waals surface area contributed by atoms with Crippen LogP contribution in [0.25, 0.3) is 0 Å². The predicted octanol–water partition coefficient (Wildman–Crippen LogP) is 12.9. The number of thioether (sulfide) groups is 1. The molecule has 0 fully saturated rings. The maximum absolute atomic E-state index is 11.8. The van der Waals surface area contributed by atoms with E-state index in [-0.39, 0.29) is 145 Å². The third-order valence-electron chi connectivity index (χ3n) is 10.7. The van der Waals surface area contributed by atoms with Gasteiger partial charge in [-0.15, -0.1) is 36.9 Å². The van der Waals surface area contributed by atoms with Crippen molar-refractivity contribution in [1.82, 2.24) is 4.90 Å². The summed E-state index contributed by atoms with van der Waals surface area (Å²) in [5, 5.41) is 30.0. The molecule has 0 heterocycles. The number of aliphatic hydroxyl groups is 1. The van der Waals surface area contributed by atoms with Crippen LogP contribution in [0.15, 0.2) is 68.3 Å². The van der Waals surface area contributed by atoms with Crippen LogP contribution < -0.4 is 60.9 Å². The first kappa shape index (κ1) is 90.5. The summed E-state index contributed by atoms with van der Waals surface area (Å²) in [5.41, 5.74) is 4.75. The first-order chi connectivity index (χ1) is 34.6. The number of rotatable bonds is 23. The van der Waals surface area contributed by atoms with Gasteiger partial charge in [0.25, 0.3) is 11.0 Å². The number of thiol groups is 2. The zero-order valence-electron chi connectivity index (χ0n) is 45.9. The summed E-state index contributed by atoms with van der Waals surface area (Å²) in [7, 11) is 3.36. The summed E-state index contributed by atoms with van der Waals surface area (Å²) < 4.78 is 16.8. The van der Waals surface area contributed by atoms with Crippen LogP contribution in [0.5, 0.6) is 23.0 Å². The molecule has 4 rings (SSSR count). The second-order valence-corrected chi connectivity index (χ2v) is 19.4. The van der Waals surface area contributed by atoms with E-state index in [1.807, 2.05) is 32.9 Å². The number of ketones is 4. The van der Waals surface area contributed by atoms with Crippen LogP contribution in [0.2, 0.25) is 0 Å². The van der Waals surface area contributed by atoms with E-state index in [9.17, 15) is 44.1 Å². The normalized spacial score (nSPS) is 11.0. The number of aliphatic hydroxyl groups excluding tert-OH is 1. The van der Waals surface area contributed by atoms with Crippen molar-refractivity contribution in [2.24, 2.45) is 0 Å². The molecule has 450 valence electrons. The second kappa shape index (κ2) is 49.2. The maximum atomic E-state index is 11.8. The standard InChI is InChI=1S/C20H31ClO5.C14H19NO3S.C11H14O2S.C11H12O2S.5CH4.K.H2O/c1-4-8-17-18(25-14-7-12-21)11-10-16(15(3)22)20(17)26-13-6-9-19(23)24-5-2;1-5-6-11-12(19-14(18)15(3)4)8-7-10(9(2)16)13(11)17;2*1-3-4-9-10(14)6-5-8(7(2)12)11(9)13;;;;;;;/h10-11,15,22H,4-9,12-14H2,1-3H3;7-8,17H,5-6H2,1-4H3;5-6,13-14H,3-4H2,1-2H3;5-6H,3-4H2,1-2H3;5*1H4;;1H2/q;;;;;;;;;+1;. The number of hydrogen-bond donors (Lipinski definition) is 5. The first-order valence-electron chi connectivity index (χ1n) is 24.7. The summed E-state index contributed by atoms with van der Waals surface area (Å²) in [5.74, 6) is 1.21. The summed E-state index contributed by atoms with van der Waals surface area (Å²) in [6.07, 6.45) is 10.6. The fourth-order valence-corrected chi connectivity index (χ4v) is 8.59. The number of halogens is 1. The number of ether oxygens (including phenoxy) is 3. The van der Waals surface area contributed by atoms with E-state index in [4.69, 9.17) is 25.8 Å². The Bertz CT molecular complexity index is 2410. The summed E-state index contributed by atoms with van der Waals surface area (Å²) >= 11 is 15.2. The van der Waals surface area contributed by atoms with Crippen molar-refractivity contribution in [1.29, 1.82) is 0 Å². The number of hydrogen-bond acceptors (Lipinski definition) is 16. The van der Waals surface area contributed by atoms with Crippen LogP contribution in [-0.2, 0) is 38.4 Å². The summed E-state index contributed by atoms with van der Waals surface area (Å²) in [6, 6.07) is 10.4. The molecule has 4 N–H and O–H groups in total. The number of benzene rings is 3. The molecule has 1 unspecified atom stereocenters. The van der Waals surface area contributed by atoms with Gasteiger partial charge < -0.3 is 39.9 Å². The van der Waals surface area contributed by atoms with Crippen molar-refractivity contribution in [3.05, 3.63) is 98.3 Å². The average Bonchev–Trinajstić information content (AvgIpc) is 3.32. The Morgan fingerprint density at radius 1 is 0.713 bits per heavy atom. The van der Waals surface area contributed by atoms with Crippen LogP contribution in [0, 0.1) is 6.42 Å². The van der Waals surface area contributed by atoms with E-state index in [1.165, 1.54) is 25.7 Å². The van der Waals surface area contributed by atoms with E-state index in [1.54, 1.807) is 64.7 Å². The minimum absolute atomic E-state index is 0. The van der Waals surface area contributed by atoms with Crippen molar-refractivity contribution in [3.8, 4) is 23.0 Å². The number of amides is 1. The zero-order chi connectivity index (χ0) is 55.4. The van der Waals surface area contributed by atoms with Gasteiger partial charge in [-0.1, -0.05) is 84.1 Å². The second-order valence-electron chi connectivity index (χ2n) is 17.1. The van der Waals surface area contributed by atoms with Crippen molar-refractivity contribution >= 4 is 83.0 Å². The van der Waals surface area contributed by atoms with Crippen molar-refractivity contribution in [2.45, 2.75) is 186 Å². The number of nitrogens with zero attached hydrogens (tertiary/aromatic N) is 1. The molecule has 0 aliphatic heterocycles.